The van der Waals surface area contributed by atoms with E-state index in [-0.39, 0.29) is 6.04 Å². The molecule has 1 unspecified atom stereocenters. The Bertz CT molecular complexity index is 432. The van der Waals surface area contributed by atoms with Crippen molar-refractivity contribution < 1.29 is 5.11 Å². The topological polar surface area (TPSA) is 41.3 Å². The molecule has 4 nitrogen and oxygen atoms in total. The number of aromatic nitrogens is 2. The minimum atomic E-state index is -0.760. The van der Waals surface area contributed by atoms with Crippen LogP contribution in [-0.4, -0.2) is 39.4 Å². The molecule has 0 aliphatic carbocycles. The summed E-state index contributed by atoms with van der Waals surface area (Å²) < 4.78 is 2.87. The second-order valence-electron chi connectivity index (χ2n) is 5.70. The van der Waals surface area contributed by atoms with Crippen LogP contribution < -0.4 is 0 Å². The molecule has 1 atom stereocenters. The van der Waals surface area contributed by atoms with Crippen LogP contribution in [0.15, 0.2) is 10.7 Å². The molecule has 1 saturated heterocycles. The maximum atomic E-state index is 11.1. The number of hydrogen-bond donors (Lipinski definition) is 1. The van der Waals surface area contributed by atoms with E-state index in [0.717, 1.165) is 49.1 Å². The predicted molar refractivity (Wildman–Crippen MR) is 80.2 cm³/mol. The molecule has 1 aliphatic heterocycles. The van der Waals surface area contributed by atoms with Crippen molar-refractivity contribution in [1.82, 2.24) is 14.7 Å². The Labute approximate surface area is 123 Å². The second-order valence-corrected chi connectivity index (χ2v) is 6.55. The molecule has 1 N–H and O–H groups in total. The highest BCUT2D eigenvalue weighted by molar-refractivity contribution is 9.10. The molecule has 0 radical (unpaired) electrons. The van der Waals surface area contributed by atoms with Crippen LogP contribution in [0, 0.1) is 0 Å². The van der Waals surface area contributed by atoms with Gasteiger partial charge in [0.25, 0.3) is 0 Å². The summed E-state index contributed by atoms with van der Waals surface area (Å²) in [5.41, 5.74) is 0.184. The first-order chi connectivity index (χ1) is 8.98. The maximum Gasteiger partial charge on any atom is 0.109 e. The zero-order valence-corrected chi connectivity index (χ0v) is 13.7. The van der Waals surface area contributed by atoms with Crippen LogP contribution in [0.4, 0.5) is 0 Å². The molecule has 5 heteroatoms. The van der Waals surface area contributed by atoms with Crippen LogP contribution in [0.3, 0.4) is 0 Å². The minimum Gasteiger partial charge on any atom is -0.383 e. The van der Waals surface area contributed by atoms with E-state index in [1.807, 2.05) is 4.68 Å². The zero-order chi connectivity index (χ0) is 14.0. The van der Waals surface area contributed by atoms with Crippen LogP contribution in [-0.2, 0) is 5.60 Å². The summed E-state index contributed by atoms with van der Waals surface area (Å²) in [4.78, 5) is 2.40. The lowest BCUT2D eigenvalue weighted by molar-refractivity contribution is 0.0108. The van der Waals surface area contributed by atoms with Crippen molar-refractivity contribution in [1.29, 1.82) is 0 Å². The lowest BCUT2D eigenvalue weighted by atomic mass is 9.91. The van der Waals surface area contributed by atoms with E-state index in [4.69, 9.17) is 0 Å². The van der Waals surface area contributed by atoms with Crippen LogP contribution >= 0.6 is 15.9 Å². The molecule has 0 saturated carbocycles. The van der Waals surface area contributed by atoms with Gasteiger partial charge in [0.2, 0.25) is 0 Å². The van der Waals surface area contributed by atoms with Crippen molar-refractivity contribution in [3.05, 3.63) is 16.4 Å². The van der Waals surface area contributed by atoms with Gasteiger partial charge in [0.05, 0.1) is 16.4 Å². The number of halogens is 1. The molecule has 108 valence electrons. The lowest BCUT2D eigenvalue weighted by Gasteiger charge is -2.29. The van der Waals surface area contributed by atoms with Gasteiger partial charge in [-0.2, -0.15) is 5.10 Å². The first kappa shape index (κ1) is 15.0. The summed E-state index contributed by atoms with van der Waals surface area (Å²) in [6, 6.07) is 0.260. The van der Waals surface area contributed by atoms with Crippen molar-refractivity contribution in [2.75, 3.05) is 19.6 Å². The largest absolute Gasteiger partial charge is 0.383 e. The SMILES string of the molecule is CCN1CCCC(O)(c2c(Br)cnn2C(C)C)CC1. The summed E-state index contributed by atoms with van der Waals surface area (Å²) in [6.45, 7) is 9.46. The third-order valence-corrected chi connectivity index (χ3v) is 4.61. The molecule has 1 aromatic rings. The van der Waals surface area contributed by atoms with Gasteiger partial charge < -0.3 is 10.0 Å². The van der Waals surface area contributed by atoms with E-state index in [2.05, 4.69) is 46.7 Å². The third-order valence-electron chi connectivity index (χ3n) is 4.03. The summed E-state index contributed by atoms with van der Waals surface area (Å²) in [5, 5.41) is 15.5. The number of aliphatic hydroxyl groups is 1. The fraction of sp³-hybridized carbons (Fsp3) is 0.786. The maximum absolute atomic E-state index is 11.1. The van der Waals surface area contributed by atoms with Crippen LogP contribution in [0.2, 0.25) is 0 Å². The van der Waals surface area contributed by atoms with Crippen molar-refractivity contribution >= 4 is 15.9 Å². The van der Waals surface area contributed by atoms with Gasteiger partial charge in [-0.05, 0) is 62.1 Å². The number of hydrogen-bond acceptors (Lipinski definition) is 3. The molecule has 0 bridgehead atoms. The Hall–Kier alpha value is -0.390. The molecular formula is C14H24BrN3O. The Morgan fingerprint density at radius 3 is 2.79 bits per heavy atom. The highest BCUT2D eigenvalue weighted by Crippen LogP contribution is 2.37. The monoisotopic (exact) mass is 329 g/mol. The van der Waals surface area contributed by atoms with Crippen molar-refractivity contribution in [3.63, 3.8) is 0 Å². The van der Waals surface area contributed by atoms with Gasteiger partial charge in [-0.15, -0.1) is 0 Å². The fourth-order valence-corrected chi connectivity index (χ4v) is 3.54. The highest BCUT2D eigenvalue weighted by Gasteiger charge is 2.37. The van der Waals surface area contributed by atoms with Crippen LogP contribution in [0.1, 0.15) is 51.8 Å². The molecule has 1 aromatic heterocycles. The third kappa shape index (κ3) is 3.03. The molecule has 0 aromatic carbocycles. The van der Waals surface area contributed by atoms with Crippen LogP contribution in [0.5, 0.6) is 0 Å². The number of rotatable bonds is 3. The van der Waals surface area contributed by atoms with Crippen molar-refractivity contribution in [3.8, 4) is 0 Å². The van der Waals surface area contributed by atoms with Crippen molar-refractivity contribution in [2.24, 2.45) is 0 Å². The fourth-order valence-electron chi connectivity index (χ4n) is 2.90. The van der Waals surface area contributed by atoms with Gasteiger partial charge in [0.1, 0.15) is 5.60 Å². The quantitative estimate of drug-likeness (QED) is 0.926. The smallest absolute Gasteiger partial charge is 0.109 e. The average molecular weight is 330 g/mol. The predicted octanol–water partition coefficient (Wildman–Crippen LogP) is 2.92. The van der Waals surface area contributed by atoms with E-state index < -0.39 is 5.60 Å². The molecule has 1 fully saturated rings. The molecular weight excluding hydrogens is 306 g/mol. The van der Waals surface area contributed by atoms with E-state index in [9.17, 15) is 5.11 Å². The number of nitrogens with zero attached hydrogens (tertiary/aromatic N) is 3. The summed E-state index contributed by atoms with van der Waals surface area (Å²) in [6.07, 6.45) is 4.41. The van der Waals surface area contributed by atoms with Gasteiger partial charge in [-0.3, -0.25) is 4.68 Å². The molecule has 0 amide bonds. The normalized spacial score (nSPS) is 25.8. The standard InChI is InChI=1S/C14H24BrN3O/c1-4-17-8-5-6-14(19,7-9-17)13-12(15)10-16-18(13)11(2)3/h10-11,19H,4-9H2,1-3H3. The lowest BCUT2D eigenvalue weighted by Crippen LogP contribution is -2.32. The average Bonchev–Trinajstić information content (AvgIpc) is 2.65. The molecule has 1 aliphatic rings. The molecule has 0 spiro atoms. The first-order valence-corrected chi connectivity index (χ1v) is 7.95. The van der Waals surface area contributed by atoms with Gasteiger partial charge in [-0.1, -0.05) is 6.92 Å². The van der Waals surface area contributed by atoms with E-state index in [1.165, 1.54) is 0 Å². The Balaban J connectivity index is 2.31. The molecule has 2 heterocycles. The number of likely N-dealkylation sites (tertiary alicyclic amines) is 1. The first-order valence-electron chi connectivity index (χ1n) is 7.16. The van der Waals surface area contributed by atoms with E-state index >= 15 is 0 Å². The summed E-state index contributed by atoms with van der Waals surface area (Å²) in [5.74, 6) is 0. The highest BCUT2D eigenvalue weighted by atomic mass is 79.9. The molecule has 2 rings (SSSR count). The Morgan fingerprint density at radius 2 is 2.16 bits per heavy atom. The zero-order valence-electron chi connectivity index (χ0n) is 12.1. The summed E-state index contributed by atoms with van der Waals surface area (Å²) >= 11 is 3.56. The van der Waals surface area contributed by atoms with Gasteiger partial charge >= 0.3 is 0 Å². The van der Waals surface area contributed by atoms with Gasteiger partial charge in [-0.25, -0.2) is 0 Å². The minimum absolute atomic E-state index is 0.260. The Morgan fingerprint density at radius 1 is 1.42 bits per heavy atom. The molecule has 19 heavy (non-hydrogen) atoms. The second kappa shape index (κ2) is 5.94. The van der Waals surface area contributed by atoms with Gasteiger partial charge in [0, 0.05) is 12.6 Å². The Kier molecular flexibility index (Phi) is 4.69. The van der Waals surface area contributed by atoms with E-state index in [1.54, 1.807) is 6.20 Å². The van der Waals surface area contributed by atoms with E-state index in [0.29, 0.717) is 0 Å². The summed E-state index contributed by atoms with van der Waals surface area (Å²) in [7, 11) is 0. The van der Waals surface area contributed by atoms with Crippen LogP contribution in [0.25, 0.3) is 0 Å². The van der Waals surface area contributed by atoms with Gasteiger partial charge in [0.15, 0.2) is 0 Å². The van der Waals surface area contributed by atoms with Crippen molar-refractivity contribution in [2.45, 2.75) is 51.7 Å².